The van der Waals surface area contributed by atoms with E-state index in [1.54, 1.807) is 12.1 Å². The van der Waals surface area contributed by atoms with Crippen LogP contribution in [-0.2, 0) is 12.8 Å². The molecule has 2 rings (SSSR count). The molecule has 0 radical (unpaired) electrons. The molecule has 2 aromatic rings. The van der Waals surface area contributed by atoms with Crippen LogP contribution in [0.4, 0.5) is 0 Å². The summed E-state index contributed by atoms with van der Waals surface area (Å²) >= 11 is 0. The fraction of sp³-hybridized carbons (Fsp3) is 0.346. The zero-order valence-corrected chi connectivity index (χ0v) is 18.7. The van der Waals surface area contributed by atoms with Gasteiger partial charge >= 0.3 is 0 Å². The third-order valence-corrected chi connectivity index (χ3v) is 4.82. The minimum atomic E-state index is -0.659. The van der Waals surface area contributed by atoms with Crippen molar-refractivity contribution in [1.29, 1.82) is 0 Å². The number of hydrogen-bond acceptors (Lipinski definition) is 5. The molecule has 0 aliphatic carbocycles. The summed E-state index contributed by atoms with van der Waals surface area (Å²) in [5.41, 5.74) is 9.32. The van der Waals surface area contributed by atoms with Gasteiger partial charge in [0.15, 0.2) is 0 Å². The Hall–Kier alpha value is -3.59. The molecule has 0 atom stereocenters. The molecule has 0 spiro atoms. The van der Waals surface area contributed by atoms with E-state index >= 15 is 0 Å². The maximum Gasteiger partial charge on any atom is 0.252 e. The van der Waals surface area contributed by atoms with Crippen molar-refractivity contribution in [2.45, 2.75) is 46.0 Å². The van der Waals surface area contributed by atoms with Crippen LogP contribution >= 0.6 is 0 Å². The first-order valence-corrected chi connectivity index (χ1v) is 10.9. The third-order valence-electron chi connectivity index (χ3n) is 4.82. The number of ether oxygens (including phenoxy) is 1. The lowest BCUT2D eigenvalue weighted by Crippen LogP contribution is -2.11. The number of carbonyl (C=O) groups excluding carboxylic acids is 1. The van der Waals surface area contributed by atoms with Gasteiger partial charge in [-0.2, -0.15) is 4.91 Å². The summed E-state index contributed by atoms with van der Waals surface area (Å²) in [5.74, 6) is 6.40. The molecule has 0 unspecified atom stereocenters. The van der Waals surface area contributed by atoms with Crippen LogP contribution in [0.25, 0.3) is 5.57 Å². The van der Waals surface area contributed by atoms with Gasteiger partial charge in [-0.1, -0.05) is 49.4 Å². The molecule has 2 aromatic carbocycles. The predicted molar refractivity (Wildman–Crippen MR) is 128 cm³/mol. The van der Waals surface area contributed by atoms with E-state index in [9.17, 15) is 14.8 Å². The second-order valence-corrected chi connectivity index (χ2v) is 7.32. The summed E-state index contributed by atoms with van der Waals surface area (Å²) in [6.07, 6.45) is 5.75. The number of nitroso groups, excluding NO2 is 1. The Balaban J connectivity index is 2.33. The van der Waals surface area contributed by atoms with E-state index in [1.807, 2.05) is 31.2 Å². The number of phenols is 1. The van der Waals surface area contributed by atoms with Gasteiger partial charge in [0, 0.05) is 18.4 Å². The molecule has 0 aliphatic rings. The summed E-state index contributed by atoms with van der Waals surface area (Å²) in [4.78, 5) is 21.6. The quantitative estimate of drug-likeness (QED) is 0.294. The second kappa shape index (κ2) is 13.0. The van der Waals surface area contributed by atoms with Gasteiger partial charge in [-0.25, -0.2) is 0 Å². The van der Waals surface area contributed by atoms with Gasteiger partial charge in [-0.05, 0) is 59.9 Å². The van der Waals surface area contributed by atoms with Crippen LogP contribution < -0.4 is 10.5 Å². The normalized spacial score (nSPS) is 10.9. The van der Waals surface area contributed by atoms with Gasteiger partial charge < -0.3 is 15.6 Å². The molecule has 32 heavy (non-hydrogen) atoms. The van der Waals surface area contributed by atoms with Crippen LogP contribution in [0.15, 0.2) is 47.7 Å². The molecule has 1 amide bonds. The smallest absolute Gasteiger partial charge is 0.252 e. The molecular weight excluding hydrogens is 404 g/mol. The number of benzene rings is 2. The molecule has 168 valence electrons. The van der Waals surface area contributed by atoms with Crippen molar-refractivity contribution in [2.24, 2.45) is 10.9 Å². The molecule has 0 heterocycles. The van der Waals surface area contributed by atoms with Gasteiger partial charge in [0.1, 0.15) is 11.5 Å². The number of aromatic hydroxyl groups is 1. The number of nitrogens with two attached hydrogens (primary N) is 1. The summed E-state index contributed by atoms with van der Waals surface area (Å²) in [7, 11) is 0. The van der Waals surface area contributed by atoms with Crippen LogP contribution in [-0.4, -0.2) is 24.2 Å². The average molecular weight is 435 g/mol. The summed E-state index contributed by atoms with van der Waals surface area (Å²) in [6.45, 7) is 4.82. The fourth-order valence-corrected chi connectivity index (χ4v) is 3.26. The van der Waals surface area contributed by atoms with Crippen molar-refractivity contribution in [3.8, 4) is 23.3 Å². The molecule has 0 saturated heterocycles. The second-order valence-electron chi connectivity index (χ2n) is 7.32. The maximum absolute atomic E-state index is 11.3. The molecule has 6 heteroatoms. The van der Waals surface area contributed by atoms with Crippen LogP contribution in [0.3, 0.4) is 0 Å². The molecule has 0 saturated carbocycles. The number of amides is 1. The summed E-state index contributed by atoms with van der Waals surface area (Å²) in [5, 5.41) is 12.9. The fourth-order valence-electron chi connectivity index (χ4n) is 3.26. The lowest BCUT2D eigenvalue weighted by molar-refractivity contribution is 0.0997. The lowest BCUT2D eigenvalue weighted by Gasteiger charge is -2.13. The Morgan fingerprint density at radius 1 is 1.19 bits per heavy atom. The van der Waals surface area contributed by atoms with E-state index in [1.165, 1.54) is 6.07 Å². The van der Waals surface area contributed by atoms with Crippen molar-refractivity contribution in [2.75, 3.05) is 13.2 Å². The third kappa shape index (κ3) is 7.28. The Morgan fingerprint density at radius 3 is 2.62 bits per heavy atom. The van der Waals surface area contributed by atoms with Crippen molar-refractivity contribution in [3.63, 3.8) is 0 Å². The first kappa shape index (κ1) is 24.7. The van der Waals surface area contributed by atoms with Crippen molar-refractivity contribution in [1.82, 2.24) is 0 Å². The summed E-state index contributed by atoms with van der Waals surface area (Å²) in [6, 6.07) is 10.8. The standard InChI is InChI=1S/C26H30N2O4/c1-3-5-8-20(11-9-19-10-13-24(26(27)30)25(29)17-19)23-14-12-22(18-21(23)7-4-2)32-16-6-15-28-31/h10-14,17-18,29H,3-4,6-7,9,15-16H2,1-2H3,(H2,27,30)/b20-11-. The highest BCUT2D eigenvalue weighted by Gasteiger charge is 2.10. The molecule has 0 aliphatic heterocycles. The van der Waals surface area contributed by atoms with Gasteiger partial charge in [0.25, 0.3) is 5.91 Å². The summed E-state index contributed by atoms with van der Waals surface area (Å²) < 4.78 is 5.76. The SMILES string of the molecule is CCC#C/C(=C/Cc1ccc(C(N)=O)c(O)c1)c1ccc(OCCCN=O)cc1CCC. The Labute approximate surface area is 189 Å². The van der Waals surface area contributed by atoms with E-state index in [0.717, 1.165) is 47.3 Å². The van der Waals surface area contributed by atoms with E-state index < -0.39 is 5.91 Å². The van der Waals surface area contributed by atoms with Crippen LogP contribution in [0.2, 0.25) is 0 Å². The predicted octanol–water partition coefficient (Wildman–Crippen LogP) is 5.02. The molecule has 3 N–H and O–H groups in total. The minimum absolute atomic E-state index is 0.105. The largest absolute Gasteiger partial charge is 0.507 e. The van der Waals surface area contributed by atoms with E-state index in [4.69, 9.17) is 10.5 Å². The zero-order valence-electron chi connectivity index (χ0n) is 18.7. The van der Waals surface area contributed by atoms with Gasteiger partial charge in [0.05, 0.1) is 18.7 Å². The highest BCUT2D eigenvalue weighted by Crippen LogP contribution is 2.27. The highest BCUT2D eigenvalue weighted by atomic mass is 16.5. The van der Waals surface area contributed by atoms with Crippen LogP contribution in [0.5, 0.6) is 11.5 Å². The van der Waals surface area contributed by atoms with E-state index in [0.29, 0.717) is 19.4 Å². The van der Waals surface area contributed by atoms with Crippen molar-refractivity contribution >= 4 is 11.5 Å². The first-order valence-electron chi connectivity index (χ1n) is 10.9. The highest BCUT2D eigenvalue weighted by molar-refractivity contribution is 5.95. The Kier molecular flexibility index (Phi) is 9.99. The number of nitrogens with zero attached hydrogens (tertiary/aromatic N) is 1. The molecular formula is C26H30N2O4. The molecule has 0 bridgehead atoms. The van der Waals surface area contributed by atoms with E-state index in [-0.39, 0.29) is 17.9 Å². The number of allylic oxidation sites excluding steroid dienone is 2. The van der Waals surface area contributed by atoms with Crippen molar-refractivity contribution < 1.29 is 14.6 Å². The van der Waals surface area contributed by atoms with E-state index in [2.05, 4.69) is 23.9 Å². The number of hydrogen-bond donors (Lipinski definition) is 2. The lowest BCUT2D eigenvalue weighted by atomic mass is 9.95. The topological polar surface area (TPSA) is 102 Å². The monoisotopic (exact) mass is 434 g/mol. The average Bonchev–Trinajstić information content (AvgIpc) is 2.77. The minimum Gasteiger partial charge on any atom is -0.507 e. The van der Waals surface area contributed by atoms with Gasteiger partial charge in [0.2, 0.25) is 0 Å². The van der Waals surface area contributed by atoms with Gasteiger partial charge in [-0.3, -0.25) is 4.79 Å². The first-order chi connectivity index (χ1) is 15.5. The Morgan fingerprint density at radius 2 is 1.97 bits per heavy atom. The Bertz CT molecular complexity index is 1030. The maximum atomic E-state index is 11.3. The molecule has 0 fully saturated rings. The zero-order chi connectivity index (χ0) is 23.3. The number of aryl methyl sites for hydroxylation is 1. The van der Waals surface area contributed by atoms with Gasteiger partial charge in [-0.15, -0.1) is 0 Å². The number of primary amides is 1. The van der Waals surface area contributed by atoms with Crippen LogP contribution in [0, 0.1) is 16.7 Å². The molecule has 6 nitrogen and oxygen atoms in total. The molecule has 0 aromatic heterocycles. The number of carbonyl (C=O) groups is 1. The number of rotatable bonds is 11. The van der Waals surface area contributed by atoms with Crippen molar-refractivity contribution in [3.05, 3.63) is 69.6 Å². The van der Waals surface area contributed by atoms with Crippen LogP contribution in [0.1, 0.15) is 60.2 Å².